The number of nitrogens with zero attached hydrogens (tertiary/aromatic N) is 2. The van der Waals surface area contributed by atoms with Crippen molar-refractivity contribution in [2.75, 3.05) is 20.1 Å². The second kappa shape index (κ2) is 6.05. The molecule has 2 atom stereocenters. The van der Waals surface area contributed by atoms with Gasteiger partial charge < -0.3 is 14.9 Å². The normalized spacial score (nSPS) is 23.6. The number of piperazine rings is 1. The Balaban J connectivity index is 2.24. The summed E-state index contributed by atoms with van der Waals surface area (Å²) in [5.41, 5.74) is 0.610. The van der Waals surface area contributed by atoms with Crippen LogP contribution in [-0.4, -0.2) is 59.0 Å². The molecule has 1 fully saturated rings. The Morgan fingerprint density at radius 1 is 1.25 bits per heavy atom. The highest BCUT2D eigenvalue weighted by Gasteiger charge is 2.35. The first-order valence-electron chi connectivity index (χ1n) is 6.77. The number of carbonyl (C=O) groups is 2. The molecule has 5 nitrogen and oxygen atoms in total. The third kappa shape index (κ3) is 3.17. The standard InChI is InChI=1S/C15H20N2O3/c1-11-9-16(2)10-13(8-14(18)19)17(11)15(20)12-6-4-3-5-7-12/h3-7,11,13H,8-10H2,1-2H3,(H,18,19)/t11-,13-/m0/s1. The average Bonchev–Trinajstić information content (AvgIpc) is 2.38. The zero-order chi connectivity index (χ0) is 14.7. The highest BCUT2D eigenvalue weighted by atomic mass is 16.4. The summed E-state index contributed by atoms with van der Waals surface area (Å²) in [5.74, 6) is -0.958. The van der Waals surface area contributed by atoms with E-state index in [9.17, 15) is 9.59 Å². The topological polar surface area (TPSA) is 60.9 Å². The predicted octanol–water partition coefficient (Wildman–Crippen LogP) is 1.31. The van der Waals surface area contributed by atoms with Gasteiger partial charge in [-0.15, -0.1) is 0 Å². The van der Waals surface area contributed by atoms with Crippen LogP contribution in [-0.2, 0) is 4.79 Å². The van der Waals surface area contributed by atoms with Crippen molar-refractivity contribution in [1.82, 2.24) is 9.80 Å². The number of likely N-dealkylation sites (N-methyl/N-ethyl adjacent to an activating group) is 1. The number of aliphatic carboxylic acids is 1. The number of carboxylic acid groups (broad SMARTS) is 1. The number of carbonyl (C=O) groups excluding carboxylic acids is 1. The van der Waals surface area contributed by atoms with Crippen molar-refractivity contribution in [2.24, 2.45) is 0 Å². The Bertz CT molecular complexity index is 489. The SMILES string of the molecule is C[C@H]1CN(C)C[C@H](CC(=O)O)N1C(=O)c1ccccc1. The van der Waals surface area contributed by atoms with Gasteiger partial charge in [0.25, 0.3) is 5.91 Å². The van der Waals surface area contributed by atoms with Crippen molar-refractivity contribution >= 4 is 11.9 Å². The van der Waals surface area contributed by atoms with Gasteiger partial charge in [0, 0.05) is 24.7 Å². The summed E-state index contributed by atoms with van der Waals surface area (Å²) >= 11 is 0. The summed E-state index contributed by atoms with van der Waals surface area (Å²) < 4.78 is 0. The van der Waals surface area contributed by atoms with Crippen LogP contribution in [0.15, 0.2) is 30.3 Å². The molecule has 1 heterocycles. The van der Waals surface area contributed by atoms with E-state index in [-0.39, 0.29) is 24.4 Å². The average molecular weight is 276 g/mol. The molecule has 0 bridgehead atoms. The third-order valence-corrected chi connectivity index (χ3v) is 3.63. The zero-order valence-electron chi connectivity index (χ0n) is 11.8. The smallest absolute Gasteiger partial charge is 0.305 e. The fourth-order valence-electron chi connectivity index (χ4n) is 2.88. The first-order chi connectivity index (χ1) is 9.49. The van der Waals surface area contributed by atoms with Gasteiger partial charge in [0.15, 0.2) is 0 Å². The molecule has 0 aliphatic carbocycles. The van der Waals surface area contributed by atoms with Crippen LogP contribution in [0.1, 0.15) is 23.7 Å². The molecule has 1 amide bonds. The van der Waals surface area contributed by atoms with Gasteiger partial charge in [0.05, 0.1) is 12.5 Å². The Morgan fingerprint density at radius 2 is 1.90 bits per heavy atom. The summed E-state index contributed by atoms with van der Waals surface area (Å²) in [6.07, 6.45) is -0.0206. The maximum atomic E-state index is 12.6. The second-order valence-electron chi connectivity index (χ2n) is 5.40. The molecular weight excluding hydrogens is 256 g/mol. The molecule has 0 unspecified atom stereocenters. The van der Waals surface area contributed by atoms with Crippen molar-refractivity contribution in [2.45, 2.75) is 25.4 Å². The zero-order valence-corrected chi connectivity index (χ0v) is 11.8. The minimum absolute atomic E-state index is 0.00538. The molecule has 1 aliphatic heterocycles. The van der Waals surface area contributed by atoms with Crippen LogP contribution in [0.4, 0.5) is 0 Å². The number of hydrogen-bond acceptors (Lipinski definition) is 3. The number of benzene rings is 1. The van der Waals surface area contributed by atoms with Crippen molar-refractivity contribution in [3.63, 3.8) is 0 Å². The van der Waals surface area contributed by atoms with Gasteiger partial charge in [0.2, 0.25) is 0 Å². The number of carboxylic acids is 1. The molecule has 0 saturated carbocycles. The van der Waals surface area contributed by atoms with Gasteiger partial charge in [-0.3, -0.25) is 9.59 Å². The van der Waals surface area contributed by atoms with Crippen LogP contribution in [0, 0.1) is 0 Å². The van der Waals surface area contributed by atoms with E-state index in [0.717, 1.165) is 6.54 Å². The molecule has 1 aromatic carbocycles. The molecule has 0 spiro atoms. The summed E-state index contributed by atoms with van der Waals surface area (Å²) in [6.45, 7) is 3.31. The lowest BCUT2D eigenvalue weighted by Gasteiger charge is -2.44. The maximum absolute atomic E-state index is 12.6. The first-order valence-corrected chi connectivity index (χ1v) is 6.77. The van der Waals surface area contributed by atoms with Crippen LogP contribution in [0.3, 0.4) is 0 Å². The molecule has 0 aromatic heterocycles. The minimum Gasteiger partial charge on any atom is -0.481 e. The Kier molecular flexibility index (Phi) is 4.39. The summed E-state index contributed by atoms with van der Waals surface area (Å²) in [5, 5.41) is 9.05. The van der Waals surface area contributed by atoms with Crippen LogP contribution >= 0.6 is 0 Å². The Morgan fingerprint density at radius 3 is 2.50 bits per heavy atom. The molecule has 2 rings (SSSR count). The van der Waals surface area contributed by atoms with Crippen molar-refractivity contribution in [3.8, 4) is 0 Å². The van der Waals surface area contributed by atoms with E-state index in [1.54, 1.807) is 17.0 Å². The largest absolute Gasteiger partial charge is 0.481 e. The lowest BCUT2D eigenvalue weighted by Crippen LogP contribution is -2.59. The molecule has 0 radical (unpaired) electrons. The summed E-state index contributed by atoms with van der Waals surface area (Å²) in [6, 6.07) is 8.76. The van der Waals surface area contributed by atoms with Crippen LogP contribution < -0.4 is 0 Å². The molecule has 1 aliphatic rings. The molecular formula is C15H20N2O3. The first kappa shape index (κ1) is 14.5. The van der Waals surface area contributed by atoms with E-state index >= 15 is 0 Å². The maximum Gasteiger partial charge on any atom is 0.305 e. The number of rotatable bonds is 3. The second-order valence-corrected chi connectivity index (χ2v) is 5.40. The lowest BCUT2D eigenvalue weighted by atomic mass is 10.0. The van der Waals surface area contributed by atoms with E-state index in [1.807, 2.05) is 32.2 Å². The molecule has 5 heteroatoms. The van der Waals surface area contributed by atoms with E-state index < -0.39 is 5.97 Å². The van der Waals surface area contributed by atoms with E-state index in [4.69, 9.17) is 5.11 Å². The monoisotopic (exact) mass is 276 g/mol. The van der Waals surface area contributed by atoms with Crippen molar-refractivity contribution in [3.05, 3.63) is 35.9 Å². The summed E-state index contributed by atoms with van der Waals surface area (Å²) in [7, 11) is 1.95. The quantitative estimate of drug-likeness (QED) is 0.904. The molecule has 20 heavy (non-hydrogen) atoms. The van der Waals surface area contributed by atoms with Crippen molar-refractivity contribution in [1.29, 1.82) is 0 Å². The number of amides is 1. The van der Waals surface area contributed by atoms with Gasteiger partial charge >= 0.3 is 5.97 Å². The number of hydrogen-bond donors (Lipinski definition) is 1. The lowest BCUT2D eigenvalue weighted by molar-refractivity contribution is -0.138. The predicted molar refractivity (Wildman–Crippen MR) is 75.6 cm³/mol. The van der Waals surface area contributed by atoms with Gasteiger partial charge in [-0.25, -0.2) is 0 Å². The molecule has 1 aromatic rings. The summed E-state index contributed by atoms with van der Waals surface area (Å²) in [4.78, 5) is 27.5. The van der Waals surface area contributed by atoms with Crippen LogP contribution in [0.25, 0.3) is 0 Å². The Labute approximate surface area is 118 Å². The molecule has 1 N–H and O–H groups in total. The minimum atomic E-state index is -0.872. The fraction of sp³-hybridized carbons (Fsp3) is 0.467. The van der Waals surface area contributed by atoms with Gasteiger partial charge in [0.1, 0.15) is 0 Å². The van der Waals surface area contributed by atoms with Crippen molar-refractivity contribution < 1.29 is 14.7 Å². The van der Waals surface area contributed by atoms with Crippen LogP contribution in [0.5, 0.6) is 0 Å². The third-order valence-electron chi connectivity index (χ3n) is 3.63. The van der Waals surface area contributed by atoms with Crippen LogP contribution in [0.2, 0.25) is 0 Å². The highest BCUT2D eigenvalue weighted by Crippen LogP contribution is 2.20. The van der Waals surface area contributed by atoms with E-state index in [0.29, 0.717) is 12.1 Å². The van der Waals surface area contributed by atoms with Gasteiger partial charge in [-0.05, 0) is 26.1 Å². The molecule has 1 saturated heterocycles. The highest BCUT2D eigenvalue weighted by molar-refractivity contribution is 5.95. The fourth-order valence-corrected chi connectivity index (χ4v) is 2.88. The van der Waals surface area contributed by atoms with E-state index in [2.05, 4.69) is 4.90 Å². The Hall–Kier alpha value is -1.88. The molecule has 108 valence electrons. The van der Waals surface area contributed by atoms with Gasteiger partial charge in [-0.2, -0.15) is 0 Å². The van der Waals surface area contributed by atoms with Gasteiger partial charge in [-0.1, -0.05) is 18.2 Å². The van der Waals surface area contributed by atoms with E-state index in [1.165, 1.54) is 0 Å².